The number of halogens is 11. The first kappa shape index (κ1) is 40.7. The summed E-state index contributed by atoms with van der Waals surface area (Å²) in [6.07, 6.45) is -8.79. The van der Waals surface area contributed by atoms with Gasteiger partial charge in [-0.3, -0.25) is 0 Å². The molecular formula is C28H30BBrCl4F6O4. The van der Waals surface area contributed by atoms with Crippen LogP contribution in [0.4, 0.5) is 26.3 Å². The molecule has 0 bridgehead atoms. The maximum absolute atomic E-state index is 12.4. The first-order chi connectivity index (χ1) is 19.9. The van der Waals surface area contributed by atoms with Crippen molar-refractivity contribution in [2.75, 3.05) is 13.2 Å². The lowest BCUT2D eigenvalue weighted by atomic mass is 9.79. The van der Waals surface area contributed by atoms with Crippen molar-refractivity contribution in [1.82, 2.24) is 0 Å². The van der Waals surface area contributed by atoms with Crippen molar-refractivity contribution in [2.24, 2.45) is 0 Å². The fourth-order valence-electron chi connectivity index (χ4n) is 3.16. The summed E-state index contributed by atoms with van der Waals surface area (Å²) in [5, 5.41) is 0.979. The second-order valence-corrected chi connectivity index (χ2v) is 12.5. The fraction of sp³-hybridized carbons (Fsp3) is 0.429. The highest BCUT2D eigenvalue weighted by atomic mass is 79.9. The van der Waals surface area contributed by atoms with E-state index in [-0.39, 0.29) is 21.4 Å². The summed E-state index contributed by atoms with van der Waals surface area (Å²) in [7, 11) is -0.481. The summed E-state index contributed by atoms with van der Waals surface area (Å²) in [6, 6.07) is 5.82. The summed E-state index contributed by atoms with van der Waals surface area (Å²) in [5.74, 6) is 0.672. The minimum Gasteiger partial charge on any atom is -0.491 e. The van der Waals surface area contributed by atoms with E-state index in [4.69, 9.17) is 65.2 Å². The number of allylic oxidation sites excluding steroid dienone is 2. The Kier molecular flexibility index (Phi) is 14.8. The van der Waals surface area contributed by atoms with E-state index in [9.17, 15) is 26.3 Å². The summed E-state index contributed by atoms with van der Waals surface area (Å²) in [5.41, 5.74) is -1.16. The van der Waals surface area contributed by atoms with E-state index in [1.807, 2.05) is 34.6 Å². The van der Waals surface area contributed by atoms with E-state index in [1.54, 1.807) is 19.1 Å². The maximum atomic E-state index is 12.4. The van der Waals surface area contributed by atoms with E-state index in [2.05, 4.69) is 29.1 Å². The Bertz CT molecular complexity index is 1270. The third kappa shape index (κ3) is 11.2. The van der Waals surface area contributed by atoms with Crippen LogP contribution in [-0.4, -0.2) is 43.9 Å². The molecule has 0 aromatic heterocycles. The molecule has 1 heterocycles. The summed E-state index contributed by atoms with van der Waals surface area (Å²) in [6.45, 7) is 18.0. The van der Waals surface area contributed by atoms with E-state index in [0.717, 1.165) is 17.6 Å². The van der Waals surface area contributed by atoms with Gasteiger partial charge in [0.15, 0.2) is 11.5 Å². The Morgan fingerprint density at radius 1 is 0.750 bits per heavy atom. The summed E-state index contributed by atoms with van der Waals surface area (Å²) >= 11 is 26.2. The van der Waals surface area contributed by atoms with Crippen molar-refractivity contribution in [1.29, 1.82) is 0 Å². The van der Waals surface area contributed by atoms with Crippen LogP contribution in [0.1, 0.15) is 47.1 Å². The fourth-order valence-corrected chi connectivity index (χ4v) is 4.37. The van der Waals surface area contributed by atoms with Crippen molar-refractivity contribution >= 4 is 80.5 Å². The van der Waals surface area contributed by atoms with Crippen molar-refractivity contribution < 1.29 is 45.1 Å². The topological polar surface area (TPSA) is 36.9 Å². The average Bonchev–Trinajstić information content (AvgIpc) is 3.09. The second-order valence-electron chi connectivity index (χ2n) is 9.92. The molecule has 1 fully saturated rings. The predicted molar refractivity (Wildman–Crippen MR) is 170 cm³/mol. The molecule has 1 aliphatic heterocycles. The highest BCUT2D eigenvalue weighted by Gasteiger charge is 2.52. The van der Waals surface area contributed by atoms with Gasteiger partial charge in [-0.25, -0.2) is 0 Å². The van der Waals surface area contributed by atoms with Gasteiger partial charge in [0.2, 0.25) is 0 Å². The number of rotatable bonds is 6. The van der Waals surface area contributed by atoms with Crippen LogP contribution in [0, 0.1) is 0 Å². The summed E-state index contributed by atoms with van der Waals surface area (Å²) < 4.78 is 91.9. The molecule has 0 atom stereocenters. The van der Waals surface area contributed by atoms with Gasteiger partial charge in [-0.15, -0.1) is 0 Å². The molecule has 246 valence electrons. The molecule has 16 heteroatoms. The number of benzene rings is 2. The molecule has 0 N–H and O–H groups in total. The Balaban J connectivity index is 0.000000367. The molecule has 44 heavy (non-hydrogen) atoms. The average molecular weight is 777 g/mol. The van der Waals surface area contributed by atoms with Gasteiger partial charge >= 0.3 is 19.5 Å². The molecule has 4 nitrogen and oxygen atoms in total. The van der Waals surface area contributed by atoms with E-state index in [0.29, 0.717) is 29.0 Å². The molecule has 0 spiro atoms. The number of hydrogen-bond donors (Lipinski definition) is 0. The minimum absolute atomic E-state index is 0.0275. The molecule has 0 amide bonds. The molecule has 2 aromatic rings. The Morgan fingerprint density at radius 3 is 1.34 bits per heavy atom. The quantitative estimate of drug-likeness (QED) is 0.216. The molecule has 0 unspecified atom stereocenters. The molecule has 1 aliphatic rings. The van der Waals surface area contributed by atoms with Crippen LogP contribution in [0.5, 0.6) is 11.5 Å². The monoisotopic (exact) mass is 774 g/mol. The first-order valence-corrected chi connectivity index (χ1v) is 15.0. The maximum Gasteiger partial charge on any atom is 0.494 e. The zero-order valence-electron chi connectivity index (χ0n) is 24.5. The highest BCUT2D eigenvalue weighted by Crippen LogP contribution is 2.40. The molecule has 1 saturated heterocycles. The van der Waals surface area contributed by atoms with Crippen molar-refractivity contribution in [2.45, 2.75) is 65.1 Å². The van der Waals surface area contributed by atoms with Gasteiger partial charge in [-0.05, 0) is 92.8 Å². The standard InChI is InChI=1S/C14H19BCl2O3.C11H9Cl2F3O.C3H2BrF3/c1-6-18-12-10(16)7-9(8-11(12)17)15-19-13(2,3)14(4,5)20-15;1-3-17-10-8(12)4-7(5-9(10)13)6(2)11(14,15)16;1-2(4)3(5,6)7/h7-8H,6H2,1-5H3;4-5H,2-3H2,1H3;1H2. The van der Waals surface area contributed by atoms with Crippen LogP contribution < -0.4 is 14.9 Å². The SMILES string of the molecule is C=C(Br)C(F)(F)F.C=C(c1cc(Cl)c(OCC)c(Cl)c1)C(F)(F)F.CCOc1c(Cl)cc(B2OC(C)(C)C(C)(C)O2)cc1Cl. The Labute approximate surface area is 281 Å². The van der Waals surface area contributed by atoms with Crippen LogP contribution >= 0.6 is 62.3 Å². The largest absolute Gasteiger partial charge is 0.494 e. The molecule has 0 radical (unpaired) electrons. The van der Waals surface area contributed by atoms with Gasteiger partial charge in [0.25, 0.3) is 0 Å². The minimum atomic E-state index is -4.51. The molecule has 3 rings (SSSR count). The van der Waals surface area contributed by atoms with Gasteiger partial charge in [-0.2, -0.15) is 26.3 Å². The van der Waals surface area contributed by atoms with E-state index < -0.39 is 40.7 Å². The smallest absolute Gasteiger partial charge is 0.491 e. The predicted octanol–water partition coefficient (Wildman–Crippen LogP) is 11.1. The van der Waals surface area contributed by atoms with E-state index in [1.165, 1.54) is 0 Å². The Morgan fingerprint density at radius 2 is 1.07 bits per heavy atom. The zero-order chi connectivity index (χ0) is 34.4. The lowest BCUT2D eigenvalue weighted by molar-refractivity contribution is -0.0825. The summed E-state index contributed by atoms with van der Waals surface area (Å²) in [4.78, 5) is 0. The van der Waals surface area contributed by atoms with Crippen LogP contribution in [0.2, 0.25) is 20.1 Å². The Hall–Kier alpha value is -1.28. The molecular weight excluding hydrogens is 747 g/mol. The number of ether oxygens (including phenoxy) is 2. The molecule has 2 aromatic carbocycles. The van der Waals surface area contributed by atoms with E-state index >= 15 is 0 Å². The first-order valence-electron chi connectivity index (χ1n) is 12.7. The van der Waals surface area contributed by atoms with Gasteiger partial charge in [-0.1, -0.05) is 59.6 Å². The second kappa shape index (κ2) is 16.0. The van der Waals surface area contributed by atoms with Gasteiger partial charge in [0.05, 0.1) is 54.6 Å². The van der Waals surface area contributed by atoms with Crippen LogP contribution in [-0.2, 0) is 9.31 Å². The zero-order valence-corrected chi connectivity index (χ0v) is 29.1. The van der Waals surface area contributed by atoms with Gasteiger partial charge < -0.3 is 18.8 Å². The van der Waals surface area contributed by atoms with Crippen LogP contribution in [0.25, 0.3) is 5.57 Å². The molecule has 0 saturated carbocycles. The van der Waals surface area contributed by atoms with Crippen LogP contribution in [0.3, 0.4) is 0 Å². The van der Waals surface area contributed by atoms with Crippen LogP contribution in [0.15, 0.2) is 41.9 Å². The third-order valence-electron chi connectivity index (χ3n) is 6.12. The number of hydrogen-bond acceptors (Lipinski definition) is 4. The molecule has 0 aliphatic carbocycles. The lowest BCUT2D eigenvalue weighted by Crippen LogP contribution is -2.41. The normalized spacial score (nSPS) is 15.4. The van der Waals surface area contributed by atoms with Gasteiger partial charge in [0, 0.05) is 0 Å². The van der Waals surface area contributed by atoms with Gasteiger partial charge in [0.1, 0.15) is 0 Å². The van der Waals surface area contributed by atoms with Crippen molar-refractivity contribution in [3.05, 3.63) is 67.6 Å². The number of alkyl halides is 6. The van der Waals surface area contributed by atoms with Crippen molar-refractivity contribution in [3.8, 4) is 11.5 Å². The highest BCUT2D eigenvalue weighted by molar-refractivity contribution is 9.11. The lowest BCUT2D eigenvalue weighted by Gasteiger charge is -2.32. The third-order valence-corrected chi connectivity index (χ3v) is 7.69. The van der Waals surface area contributed by atoms with Crippen molar-refractivity contribution in [3.63, 3.8) is 0 Å².